The van der Waals surface area contributed by atoms with Crippen molar-refractivity contribution in [1.29, 1.82) is 0 Å². The van der Waals surface area contributed by atoms with Crippen LogP contribution in [0.1, 0.15) is 27.9 Å². The van der Waals surface area contributed by atoms with Gasteiger partial charge >= 0.3 is 0 Å². The Labute approximate surface area is 198 Å². The van der Waals surface area contributed by atoms with Crippen molar-refractivity contribution in [1.82, 2.24) is 9.80 Å². The molecule has 2 unspecified atom stereocenters. The molecule has 2 saturated heterocycles. The minimum atomic E-state index is -0.432. The van der Waals surface area contributed by atoms with Gasteiger partial charge in [-0.25, -0.2) is 4.39 Å². The van der Waals surface area contributed by atoms with E-state index in [9.17, 15) is 9.18 Å². The first-order valence-electron chi connectivity index (χ1n) is 11.5. The Balaban J connectivity index is 1.11. The number of ether oxygens (including phenoxy) is 2. The first-order valence-corrected chi connectivity index (χ1v) is 11.9. The van der Waals surface area contributed by atoms with E-state index in [1.54, 1.807) is 0 Å². The number of nitrogens with zero attached hydrogens (tertiary/aromatic N) is 2. The van der Waals surface area contributed by atoms with Crippen molar-refractivity contribution in [3.8, 4) is 5.75 Å². The van der Waals surface area contributed by atoms with Gasteiger partial charge in [-0.1, -0.05) is 17.7 Å². The van der Waals surface area contributed by atoms with Crippen LogP contribution in [0.3, 0.4) is 0 Å². The second-order valence-corrected chi connectivity index (χ2v) is 9.69. The highest BCUT2D eigenvalue weighted by Gasteiger charge is 2.42. The normalized spacial score (nSPS) is 22.1. The van der Waals surface area contributed by atoms with Crippen molar-refractivity contribution >= 4 is 23.2 Å². The van der Waals surface area contributed by atoms with Crippen LogP contribution in [-0.2, 0) is 11.3 Å². The van der Waals surface area contributed by atoms with Gasteiger partial charge in [-0.15, -0.1) is 0 Å². The summed E-state index contributed by atoms with van der Waals surface area (Å²) in [5.41, 5.74) is 3.04. The predicted molar refractivity (Wildman–Crippen MR) is 125 cm³/mol. The zero-order valence-corrected chi connectivity index (χ0v) is 19.5. The molecule has 5 rings (SSSR count). The number of fused-ring (bicyclic) bond motifs is 2. The molecular formula is C25H29ClFN3O3. The van der Waals surface area contributed by atoms with E-state index in [1.165, 1.54) is 12.1 Å². The average molecular weight is 474 g/mol. The fraction of sp³-hybridized carbons (Fsp3) is 0.480. The number of amides is 1. The lowest BCUT2D eigenvalue weighted by Gasteiger charge is -2.25. The summed E-state index contributed by atoms with van der Waals surface area (Å²) in [7, 11) is 0. The zero-order chi connectivity index (χ0) is 22.9. The Hall–Kier alpha value is -2.35. The van der Waals surface area contributed by atoms with Gasteiger partial charge in [0.05, 0.1) is 12.2 Å². The molecule has 33 heavy (non-hydrogen) atoms. The van der Waals surface area contributed by atoms with Crippen LogP contribution in [0.15, 0.2) is 30.3 Å². The SMILES string of the molecule is Cc1ccc(NCCCN2CC3CN(C(=O)c4cc(F)cc5c4OCOC5)CC3C2)cc1Cl. The van der Waals surface area contributed by atoms with E-state index in [2.05, 4.69) is 16.3 Å². The molecule has 0 aromatic heterocycles. The Morgan fingerprint density at radius 3 is 2.73 bits per heavy atom. The van der Waals surface area contributed by atoms with Crippen LogP contribution in [0.4, 0.5) is 10.1 Å². The largest absolute Gasteiger partial charge is 0.466 e. The van der Waals surface area contributed by atoms with Crippen LogP contribution in [-0.4, -0.2) is 61.8 Å². The number of halogens is 2. The zero-order valence-electron chi connectivity index (χ0n) is 18.8. The van der Waals surface area contributed by atoms with Gasteiger partial charge in [-0.3, -0.25) is 4.79 Å². The third kappa shape index (κ3) is 4.81. The highest BCUT2D eigenvalue weighted by atomic mass is 35.5. The average Bonchev–Trinajstić information content (AvgIpc) is 3.37. The topological polar surface area (TPSA) is 54.0 Å². The third-order valence-electron chi connectivity index (χ3n) is 6.91. The molecule has 3 aliphatic rings. The van der Waals surface area contributed by atoms with Crippen LogP contribution in [0.25, 0.3) is 0 Å². The van der Waals surface area contributed by atoms with Crippen molar-refractivity contribution in [2.45, 2.75) is 20.0 Å². The molecule has 0 radical (unpaired) electrons. The van der Waals surface area contributed by atoms with Gasteiger partial charge in [0, 0.05) is 49.0 Å². The third-order valence-corrected chi connectivity index (χ3v) is 7.31. The fourth-order valence-electron chi connectivity index (χ4n) is 5.19. The van der Waals surface area contributed by atoms with E-state index in [0.29, 0.717) is 41.8 Å². The van der Waals surface area contributed by atoms with E-state index in [-0.39, 0.29) is 19.3 Å². The van der Waals surface area contributed by atoms with Gasteiger partial charge in [0.1, 0.15) is 11.6 Å². The summed E-state index contributed by atoms with van der Waals surface area (Å²) in [4.78, 5) is 17.5. The molecule has 3 aliphatic heterocycles. The number of carbonyl (C=O) groups is 1. The van der Waals surface area contributed by atoms with E-state index < -0.39 is 5.82 Å². The Morgan fingerprint density at radius 1 is 1.18 bits per heavy atom. The Morgan fingerprint density at radius 2 is 1.97 bits per heavy atom. The summed E-state index contributed by atoms with van der Waals surface area (Å²) < 4.78 is 24.8. The number of nitrogens with one attached hydrogen (secondary N) is 1. The number of aryl methyl sites for hydroxylation is 1. The summed E-state index contributed by atoms with van der Waals surface area (Å²) in [6.45, 7) is 7.68. The van der Waals surface area contributed by atoms with Gasteiger partial charge in [0.15, 0.2) is 6.79 Å². The number of benzene rings is 2. The van der Waals surface area contributed by atoms with Crippen molar-refractivity contribution in [3.63, 3.8) is 0 Å². The molecule has 6 nitrogen and oxygen atoms in total. The quantitative estimate of drug-likeness (QED) is 0.638. The smallest absolute Gasteiger partial charge is 0.257 e. The minimum Gasteiger partial charge on any atom is -0.466 e. The molecule has 0 spiro atoms. The number of likely N-dealkylation sites (tertiary alicyclic amines) is 2. The van der Waals surface area contributed by atoms with E-state index in [4.69, 9.17) is 21.1 Å². The minimum absolute atomic E-state index is 0.0882. The molecule has 1 N–H and O–H groups in total. The van der Waals surface area contributed by atoms with Gasteiger partial charge in [-0.2, -0.15) is 0 Å². The van der Waals surface area contributed by atoms with Crippen molar-refractivity contribution in [3.05, 3.63) is 57.9 Å². The van der Waals surface area contributed by atoms with Crippen molar-refractivity contribution in [2.75, 3.05) is 51.4 Å². The molecule has 0 aliphatic carbocycles. The molecule has 0 bridgehead atoms. The Kier molecular flexibility index (Phi) is 6.45. The van der Waals surface area contributed by atoms with Gasteiger partial charge in [-0.05, 0) is 61.6 Å². The monoisotopic (exact) mass is 473 g/mol. The molecule has 2 fully saturated rings. The highest BCUT2D eigenvalue weighted by Crippen LogP contribution is 2.35. The molecule has 0 saturated carbocycles. The first kappa shape index (κ1) is 22.4. The van der Waals surface area contributed by atoms with Gasteiger partial charge < -0.3 is 24.6 Å². The van der Waals surface area contributed by atoms with Crippen LogP contribution in [0, 0.1) is 24.6 Å². The summed E-state index contributed by atoms with van der Waals surface area (Å²) in [5, 5.41) is 4.22. The summed E-state index contributed by atoms with van der Waals surface area (Å²) in [6.07, 6.45) is 1.04. The van der Waals surface area contributed by atoms with Gasteiger partial charge in [0.2, 0.25) is 0 Å². The molecule has 3 heterocycles. The fourth-order valence-corrected chi connectivity index (χ4v) is 5.37. The number of rotatable bonds is 6. The number of hydrogen-bond acceptors (Lipinski definition) is 5. The van der Waals surface area contributed by atoms with E-state index in [0.717, 1.165) is 48.9 Å². The molecule has 8 heteroatoms. The lowest BCUT2D eigenvalue weighted by atomic mass is 10.0. The second-order valence-electron chi connectivity index (χ2n) is 9.29. The Bertz CT molecular complexity index is 1040. The molecule has 1 amide bonds. The highest BCUT2D eigenvalue weighted by molar-refractivity contribution is 6.31. The lowest BCUT2D eigenvalue weighted by Crippen LogP contribution is -2.34. The maximum atomic E-state index is 14.1. The lowest BCUT2D eigenvalue weighted by molar-refractivity contribution is -0.0172. The van der Waals surface area contributed by atoms with Crippen LogP contribution >= 0.6 is 11.6 Å². The van der Waals surface area contributed by atoms with Crippen LogP contribution in [0.2, 0.25) is 5.02 Å². The second kappa shape index (κ2) is 9.49. The van der Waals surface area contributed by atoms with Gasteiger partial charge in [0.25, 0.3) is 5.91 Å². The summed E-state index contributed by atoms with van der Waals surface area (Å²) in [6, 6.07) is 8.72. The summed E-state index contributed by atoms with van der Waals surface area (Å²) >= 11 is 6.19. The molecular weight excluding hydrogens is 445 g/mol. The molecule has 2 aromatic rings. The number of carbonyl (C=O) groups excluding carboxylic acids is 1. The standard InChI is InChI=1S/C25H29ClFN3O3/c1-16-3-4-21(9-23(16)26)28-5-2-6-29-10-18-12-30(13-19(18)11-29)25(31)22-8-20(27)7-17-14-32-15-33-24(17)22/h3-4,7-9,18-19,28H,2,5-6,10-15H2,1H3. The number of hydrogen-bond donors (Lipinski definition) is 1. The molecule has 176 valence electrons. The molecule has 2 aromatic carbocycles. The van der Waals surface area contributed by atoms with E-state index in [1.807, 2.05) is 24.0 Å². The van der Waals surface area contributed by atoms with Crippen molar-refractivity contribution < 1.29 is 18.7 Å². The molecule has 2 atom stereocenters. The predicted octanol–water partition coefficient (Wildman–Crippen LogP) is 4.16. The maximum Gasteiger partial charge on any atom is 0.257 e. The maximum absolute atomic E-state index is 14.1. The van der Waals surface area contributed by atoms with Crippen LogP contribution in [0.5, 0.6) is 5.75 Å². The summed E-state index contributed by atoms with van der Waals surface area (Å²) in [5.74, 6) is 0.819. The number of anilines is 1. The first-order chi connectivity index (χ1) is 16.0. The van der Waals surface area contributed by atoms with Crippen LogP contribution < -0.4 is 10.1 Å². The van der Waals surface area contributed by atoms with E-state index >= 15 is 0 Å². The van der Waals surface area contributed by atoms with Crippen molar-refractivity contribution in [2.24, 2.45) is 11.8 Å².